The SMILES string of the molecule is COc1ccc(C2C(C(=O)O)CS2(=O)=O)cc1. The van der Waals surface area contributed by atoms with Crippen LogP contribution in [0.3, 0.4) is 0 Å². The predicted octanol–water partition coefficient (Wildman–Crippen LogP) is 0.865. The molecule has 0 aromatic heterocycles. The van der Waals surface area contributed by atoms with Crippen molar-refractivity contribution in [3.8, 4) is 5.75 Å². The fourth-order valence-electron chi connectivity index (χ4n) is 2.00. The Morgan fingerprint density at radius 1 is 1.35 bits per heavy atom. The second kappa shape index (κ2) is 4.03. The maximum Gasteiger partial charge on any atom is 0.309 e. The molecule has 17 heavy (non-hydrogen) atoms. The van der Waals surface area contributed by atoms with Crippen LogP contribution in [0, 0.1) is 5.92 Å². The molecule has 0 bridgehead atoms. The van der Waals surface area contributed by atoms with Crippen LogP contribution in [0.5, 0.6) is 5.75 Å². The van der Waals surface area contributed by atoms with Crippen LogP contribution >= 0.6 is 0 Å². The molecule has 1 fully saturated rings. The summed E-state index contributed by atoms with van der Waals surface area (Å²) in [7, 11) is -1.80. The number of carbonyl (C=O) groups is 1. The Morgan fingerprint density at radius 2 is 1.94 bits per heavy atom. The highest BCUT2D eigenvalue weighted by Crippen LogP contribution is 2.42. The first-order valence-corrected chi connectivity index (χ1v) is 6.75. The number of aliphatic carboxylic acids is 1. The van der Waals surface area contributed by atoms with E-state index in [1.165, 1.54) is 7.11 Å². The van der Waals surface area contributed by atoms with Gasteiger partial charge in [-0.1, -0.05) is 12.1 Å². The van der Waals surface area contributed by atoms with Gasteiger partial charge in [0.15, 0.2) is 9.84 Å². The molecule has 1 aromatic rings. The zero-order chi connectivity index (χ0) is 12.6. The van der Waals surface area contributed by atoms with Gasteiger partial charge in [0.1, 0.15) is 11.0 Å². The number of hydrogen-bond acceptors (Lipinski definition) is 4. The Labute approximate surface area is 98.9 Å². The summed E-state index contributed by atoms with van der Waals surface area (Å²) in [6, 6.07) is 6.44. The van der Waals surface area contributed by atoms with Crippen LogP contribution in [-0.4, -0.2) is 32.4 Å². The molecule has 5 nitrogen and oxygen atoms in total. The third kappa shape index (κ3) is 2.00. The topological polar surface area (TPSA) is 80.7 Å². The van der Waals surface area contributed by atoms with Gasteiger partial charge in [0.25, 0.3) is 0 Å². The van der Waals surface area contributed by atoms with Crippen LogP contribution in [0.2, 0.25) is 0 Å². The van der Waals surface area contributed by atoms with Crippen molar-refractivity contribution in [1.82, 2.24) is 0 Å². The molecule has 2 unspecified atom stereocenters. The van der Waals surface area contributed by atoms with Crippen molar-refractivity contribution in [2.75, 3.05) is 12.9 Å². The second-order valence-corrected chi connectivity index (χ2v) is 6.13. The van der Waals surface area contributed by atoms with E-state index in [9.17, 15) is 13.2 Å². The Bertz CT molecular complexity index is 531. The molecule has 1 heterocycles. The van der Waals surface area contributed by atoms with E-state index in [2.05, 4.69) is 0 Å². The fraction of sp³-hybridized carbons (Fsp3) is 0.364. The lowest BCUT2D eigenvalue weighted by atomic mass is 9.99. The maximum atomic E-state index is 11.6. The van der Waals surface area contributed by atoms with Gasteiger partial charge in [0.05, 0.1) is 18.8 Å². The van der Waals surface area contributed by atoms with Gasteiger partial charge in [-0.25, -0.2) is 8.42 Å². The van der Waals surface area contributed by atoms with E-state index < -0.39 is 27.0 Å². The minimum absolute atomic E-state index is 0.279. The van der Waals surface area contributed by atoms with Gasteiger partial charge in [-0.15, -0.1) is 0 Å². The first-order valence-electron chi connectivity index (χ1n) is 5.04. The molecule has 1 N–H and O–H groups in total. The van der Waals surface area contributed by atoms with Gasteiger partial charge in [-0.05, 0) is 17.7 Å². The van der Waals surface area contributed by atoms with Crippen LogP contribution in [-0.2, 0) is 14.6 Å². The Morgan fingerprint density at radius 3 is 2.35 bits per heavy atom. The lowest BCUT2D eigenvalue weighted by Crippen LogP contribution is -2.44. The molecule has 92 valence electrons. The molecule has 1 aliphatic rings. The summed E-state index contributed by atoms with van der Waals surface area (Å²) >= 11 is 0. The van der Waals surface area contributed by atoms with Crippen LogP contribution in [0.15, 0.2) is 24.3 Å². The summed E-state index contributed by atoms with van der Waals surface area (Å²) in [6.07, 6.45) is 0. The minimum Gasteiger partial charge on any atom is -0.497 e. The average molecular weight is 256 g/mol. The van der Waals surface area contributed by atoms with E-state index in [1.54, 1.807) is 24.3 Å². The lowest BCUT2D eigenvalue weighted by Gasteiger charge is -2.33. The smallest absolute Gasteiger partial charge is 0.309 e. The van der Waals surface area contributed by atoms with E-state index in [0.29, 0.717) is 11.3 Å². The van der Waals surface area contributed by atoms with Crippen molar-refractivity contribution in [2.24, 2.45) is 5.92 Å². The van der Waals surface area contributed by atoms with Crippen LogP contribution in [0.25, 0.3) is 0 Å². The van der Waals surface area contributed by atoms with Crippen LogP contribution < -0.4 is 4.74 Å². The summed E-state index contributed by atoms with van der Waals surface area (Å²) in [5.74, 6) is -1.58. The highest BCUT2D eigenvalue weighted by atomic mass is 32.2. The number of carboxylic acid groups (broad SMARTS) is 1. The molecule has 2 atom stereocenters. The summed E-state index contributed by atoms with van der Waals surface area (Å²) in [5.41, 5.74) is 0.504. The van der Waals surface area contributed by atoms with Crippen LogP contribution in [0.1, 0.15) is 10.8 Å². The summed E-state index contributed by atoms with van der Waals surface area (Å²) in [4.78, 5) is 10.9. The summed E-state index contributed by atoms with van der Waals surface area (Å²) in [5, 5.41) is 7.98. The normalized spacial score (nSPS) is 25.9. The number of rotatable bonds is 3. The van der Waals surface area contributed by atoms with Gasteiger partial charge < -0.3 is 9.84 Å². The number of carboxylic acids is 1. The third-order valence-electron chi connectivity index (χ3n) is 2.93. The average Bonchev–Trinajstić information content (AvgIpc) is 2.27. The molecular weight excluding hydrogens is 244 g/mol. The van der Waals surface area contributed by atoms with Gasteiger partial charge in [-0.3, -0.25) is 4.79 Å². The molecule has 6 heteroatoms. The van der Waals surface area contributed by atoms with Gasteiger partial charge >= 0.3 is 5.97 Å². The first kappa shape index (κ1) is 11.9. The van der Waals surface area contributed by atoms with E-state index in [4.69, 9.17) is 9.84 Å². The van der Waals surface area contributed by atoms with Gasteiger partial charge in [0, 0.05) is 0 Å². The number of hydrogen-bond donors (Lipinski definition) is 1. The first-order chi connectivity index (χ1) is 7.95. The van der Waals surface area contributed by atoms with Gasteiger partial charge in [-0.2, -0.15) is 0 Å². The zero-order valence-corrected chi connectivity index (χ0v) is 9.98. The lowest BCUT2D eigenvalue weighted by molar-refractivity contribution is -0.141. The Kier molecular flexibility index (Phi) is 2.82. The molecule has 1 saturated heterocycles. The predicted molar refractivity (Wildman–Crippen MR) is 60.6 cm³/mol. The highest BCUT2D eigenvalue weighted by Gasteiger charge is 2.50. The van der Waals surface area contributed by atoms with E-state index in [0.717, 1.165) is 0 Å². The van der Waals surface area contributed by atoms with E-state index in [-0.39, 0.29) is 5.75 Å². The van der Waals surface area contributed by atoms with E-state index >= 15 is 0 Å². The zero-order valence-electron chi connectivity index (χ0n) is 9.16. The number of ether oxygens (including phenoxy) is 1. The largest absolute Gasteiger partial charge is 0.497 e. The molecule has 0 aliphatic carbocycles. The highest BCUT2D eigenvalue weighted by molar-refractivity contribution is 7.93. The van der Waals surface area contributed by atoms with Gasteiger partial charge in [0.2, 0.25) is 0 Å². The van der Waals surface area contributed by atoms with Crippen molar-refractivity contribution in [3.63, 3.8) is 0 Å². The summed E-state index contributed by atoms with van der Waals surface area (Å²) < 4.78 is 28.1. The molecule has 1 aromatic carbocycles. The minimum atomic E-state index is -3.31. The molecule has 0 radical (unpaired) electrons. The monoisotopic (exact) mass is 256 g/mol. The molecule has 1 aliphatic heterocycles. The van der Waals surface area contributed by atoms with Crippen molar-refractivity contribution < 1.29 is 23.1 Å². The molecule has 0 amide bonds. The quantitative estimate of drug-likeness (QED) is 0.867. The van der Waals surface area contributed by atoms with Crippen molar-refractivity contribution in [1.29, 1.82) is 0 Å². The number of methoxy groups -OCH3 is 1. The fourth-order valence-corrected chi connectivity index (χ4v) is 3.97. The van der Waals surface area contributed by atoms with Crippen molar-refractivity contribution in [2.45, 2.75) is 5.25 Å². The van der Waals surface area contributed by atoms with Crippen molar-refractivity contribution in [3.05, 3.63) is 29.8 Å². The maximum absolute atomic E-state index is 11.6. The number of sulfone groups is 1. The number of benzene rings is 1. The second-order valence-electron chi connectivity index (χ2n) is 3.97. The standard InChI is InChI=1S/C11H12O5S/c1-16-8-4-2-7(3-5-8)10-9(11(12)13)6-17(10,14)15/h2-5,9-10H,6H2,1H3,(H,12,13). The van der Waals surface area contributed by atoms with Crippen LogP contribution in [0.4, 0.5) is 0 Å². The molecular formula is C11H12O5S. The Balaban J connectivity index is 2.33. The molecule has 2 rings (SSSR count). The van der Waals surface area contributed by atoms with E-state index in [1.807, 2.05) is 0 Å². The summed E-state index contributed by atoms with van der Waals surface area (Å²) in [6.45, 7) is 0. The van der Waals surface area contributed by atoms with Crippen molar-refractivity contribution >= 4 is 15.8 Å². The molecule has 0 saturated carbocycles. The Hall–Kier alpha value is -1.56. The molecule has 0 spiro atoms. The third-order valence-corrected chi connectivity index (χ3v) is 5.12.